The van der Waals surface area contributed by atoms with Gasteiger partial charge in [0.2, 0.25) is 5.91 Å². The molecule has 0 bridgehead atoms. The number of urea groups is 1. The van der Waals surface area contributed by atoms with Crippen LogP contribution in [0.25, 0.3) is 0 Å². The largest absolute Gasteiger partial charge is 0.338 e. The third-order valence-electron chi connectivity index (χ3n) is 4.28. The van der Waals surface area contributed by atoms with Gasteiger partial charge in [-0.25, -0.2) is 9.78 Å². The van der Waals surface area contributed by atoms with Crippen LogP contribution in [0.15, 0.2) is 30.3 Å². The topological polar surface area (TPSA) is 74.3 Å². The molecule has 7 heteroatoms. The Bertz CT molecular complexity index is 760. The second-order valence-corrected chi connectivity index (χ2v) is 7.44. The van der Waals surface area contributed by atoms with Crippen LogP contribution in [-0.2, 0) is 24.2 Å². The van der Waals surface area contributed by atoms with Crippen molar-refractivity contribution in [3.63, 3.8) is 0 Å². The quantitative estimate of drug-likeness (QED) is 0.765. The number of hydrogen-bond acceptors (Lipinski definition) is 4. The maximum absolute atomic E-state index is 12.2. The van der Waals surface area contributed by atoms with Crippen LogP contribution >= 0.6 is 11.3 Å². The maximum atomic E-state index is 12.2. The molecule has 0 spiro atoms. The average molecular weight is 372 g/mol. The van der Waals surface area contributed by atoms with Gasteiger partial charge in [0.25, 0.3) is 0 Å². The van der Waals surface area contributed by atoms with Crippen molar-refractivity contribution in [1.29, 1.82) is 0 Å². The number of aromatic nitrogens is 1. The molecule has 1 aromatic heterocycles. The smallest absolute Gasteiger partial charge is 0.317 e. The first-order chi connectivity index (χ1) is 12.7. The zero-order valence-corrected chi connectivity index (χ0v) is 15.8. The summed E-state index contributed by atoms with van der Waals surface area (Å²) < 4.78 is 0. The molecule has 0 fully saturated rings. The summed E-state index contributed by atoms with van der Waals surface area (Å²) in [6.07, 6.45) is 3.10. The van der Waals surface area contributed by atoms with Gasteiger partial charge in [0.15, 0.2) is 5.13 Å². The fraction of sp³-hybridized carbons (Fsp3) is 0.421. The van der Waals surface area contributed by atoms with Crippen molar-refractivity contribution in [2.75, 3.05) is 18.4 Å². The lowest BCUT2D eigenvalue weighted by Crippen LogP contribution is -2.42. The lowest BCUT2D eigenvalue weighted by atomic mass is 10.1. The van der Waals surface area contributed by atoms with E-state index in [1.165, 1.54) is 11.3 Å². The molecule has 1 aromatic carbocycles. The van der Waals surface area contributed by atoms with Gasteiger partial charge in [-0.3, -0.25) is 4.79 Å². The molecule has 1 aliphatic heterocycles. The second-order valence-electron chi connectivity index (χ2n) is 6.36. The summed E-state index contributed by atoms with van der Waals surface area (Å²) in [5.41, 5.74) is 1.96. The van der Waals surface area contributed by atoms with Crippen molar-refractivity contribution in [2.45, 2.75) is 39.2 Å². The van der Waals surface area contributed by atoms with Gasteiger partial charge in [-0.05, 0) is 12.0 Å². The fourth-order valence-electron chi connectivity index (χ4n) is 2.85. The van der Waals surface area contributed by atoms with E-state index >= 15 is 0 Å². The van der Waals surface area contributed by atoms with Gasteiger partial charge < -0.3 is 15.5 Å². The van der Waals surface area contributed by atoms with Crippen molar-refractivity contribution in [3.8, 4) is 0 Å². The predicted molar refractivity (Wildman–Crippen MR) is 103 cm³/mol. The number of rotatable bonds is 6. The molecule has 0 saturated carbocycles. The van der Waals surface area contributed by atoms with Gasteiger partial charge in [-0.15, -0.1) is 0 Å². The molecule has 1 aliphatic rings. The van der Waals surface area contributed by atoms with Gasteiger partial charge in [0.05, 0.1) is 18.7 Å². The van der Waals surface area contributed by atoms with E-state index in [0.717, 1.165) is 35.4 Å². The average Bonchev–Trinajstić information content (AvgIpc) is 3.03. The normalized spacial score (nSPS) is 13.2. The lowest BCUT2D eigenvalue weighted by molar-refractivity contribution is -0.115. The first-order valence-electron chi connectivity index (χ1n) is 9.01. The van der Waals surface area contributed by atoms with E-state index < -0.39 is 0 Å². The number of carbonyl (C=O) groups excluding carboxylic acids is 2. The second kappa shape index (κ2) is 8.80. The summed E-state index contributed by atoms with van der Waals surface area (Å²) in [7, 11) is 0. The number of fused-ring (bicyclic) bond motifs is 1. The van der Waals surface area contributed by atoms with Gasteiger partial charge in [0, 0.05) is 24.4 Å². The Balaban J connectivity index is 1.55. The summed E-state index contributed by atoms with van der Waals surface area (Å²) >= 11 is 1.46. The van der Waals surface area contributed by atoms with Crippen LogP contribution < -0.4 is 10.6 Å². The Labute approximate surface area is 157 Å². The van der Waals surface area contributed by atoms with E-state index in [1.54, 1.807) is 0 Å². The molecule has 138 valence electrons. The highest BCUT2D eigenvalue weighted by molar-refractivity contribution is 7.15. The van der Waals surface area contributed by atoms with Crippen molar-refractivity contribution < 1.29 is 9.59 Å². The Hall–Kier alpha value is -2.41. The van der Waals surface area contributed by atoms with E-state index in [9.17, 15) is 9.59 Å². The molecule has 6 nitrogen and oxygen atoms in total. The van der Waals surface area contributed by atoms with E-state index in [4.69, 9.17) is 0 Å². The molecule has 0 saturated heterocycles. The van der Waals surface area contributed by atoms with Crippen LogP contribution in [0.2, 0.25) is 0 Å². The van der Waals surface area contributed by atoms with Gasteiger partial charge in [-0.2, -0.15) is 0 Å². The van der Waals surface area contributed by atoms with Crippen molar-refractivity contribution in [3.05, 3.63) is 46.5 Å². The maximum Gasteiger partial charge on any atom is 0.317 e. The SMILES string of the molecule is CCCCNC(=O)N1CCc2nc(NC(=O)Cc3ccccc3)sc2C1. The molecule has 26 heavy (non-hydrogen) atoms. The van der Waals surface area contributed by atoms with Crippen LogP contribution in [0, 0.1) is 0 Å². The number of carbonyl (C=O) groups is 2. The number of thiazole rings is 1. The van der Waals surface area contributed by atoms with Gasteiger partial charge >= 0.3 is 6.03 Å². The van der Waals surface area contributed by atoms with E-state index in [1.807, 2.05) is 35.2 Å². The number of benzene rings is 1. The summed E-state index contributed by atoms with van der Waals surface area (Å²) in [5, 5.41) is 6.45. The molecule has 2 N–H and O–H groups in total. The van der Waals surface area contributed by atoms with Crippen molar-refractivity contribution in [2.24, 2.45) is 0 Å². The van der Waals surface area contributed by atoms with Crippen LogP contribution in [-0.4, -0.2) is 34.9 Å². The number of hydrogen-bond donors (Lipinski definition) is 2. The van der Waals surface area contributed by atoms with Crippen molar-refractivity contribution >= 4 is 28.4 Å². The van der Waals surface area contributed by atoms with Crippen LogP contribution in [0.3, 0.4) is 0 Å². The molecule has 2 aromatic rings. The monoisotopic (exact) mass is 372 g/mol. The molecule has 3 rings (SSSR count). The van der Waals surface area contributed by atoms with E-state index in [-0.39, 0.29) is 11.9 Å². The zero-order chi connectivity index (χ0) is 18.4. The molecule has 0 unspecified atom stereocenters. The Morgan fingerprint density at radius 1 is 1.27 bits per heavy atom. The Morgan fingerprint density at radius 2 is 2.08 bits per heavy atom. The number of amides is 3. The molecule has 0 aliphatic carbocycles. The highest BCUT2D eigenvalue weighted by atomic mass is 32.1. The molecular weight excluding hydrogens is 348 g/mol. The Kier molecular flexibility index (Phi) is 6.22. The van der Waals surface area contributed by atoms with Gasteiger partial charge in [0.1, 0.15) is 0 Å². The molecular formula is C19H24N4O2S. The molecule has 0 radical (unpaired) electrons. The zero-order valence-electron chi connectivity index (χ0n) is 15.0. The molecule has 2 heterocycles. The van der Waals surface area contributed by atoms with Crippen molar-refractivity contribution in [1.82, 2.24) is 15.2 Å². The third kappa shape index (κ3) is 4.82. The van der Waals surface area contributed by atoms with Crippen LogP contribution in [0.5, 0.6) is 0 Å². The minimum absolute atomic E-state index is 0.0211. The predicted octanol–water partition coefficient (Wildman–Crippen LogP) is 3.19. The van der Waals surface area contributed by atoms with Crippen LogP contribution in [0.1, 0.15) is 35.9 Å². The summed E-state index contributed by atoms with van der Waals surface area (Å²) in [6.45, 7) is 4.03. The van der Waals surface area contributed by atoms with E-state index in [0.29, 0.717) is 31.2 Å². The van der Waals surface area contributed by atoms with Crippen LogP contribution in [0.4, 0.5) is 9.93 Å². The third-order valence-corrected chi connectivity index (χ3v) is 5.28. The molecule has 0 atom stereocenters. The van der Waals surface area contributed by atoms with E-state index in [2.05, 4.69) is 22.5 Å². The summed E-state index contributed by atoms with van der Waals surface area (Å²) in [6, 6.07) is 9.62. The van der Waals surface area contributed by atoms with Gasteiger partial charge in [-0.1, -0.05) is 55.0 Å². The summed E-state index contributed by atoms with van der Waals surface area (Å²) in [5.74, 6) is -0.0727. The highest BCUT2D eigenvalue weighted by Gasteiger charge is 2.24. The number of anilines is 1. The molecule has 3 amide bonds. The minimum Gasteiger partial charge on any atom is -0.338 e. The number of nitrogens with one attached hydrogen (secondary N) is 2. The highest BCUT2D eigenvalue weighted by Crippen LogP contribution is 2.28. The summed E-state index contributed by atoms with van der Waals surface area (Å²) in [4.78, 5) is 31.8. The first-order valence-corrected chi connectivity index (χ1v) is 9.82. The fourth-order valence-corrected chi connectivity index (χ4v) is 3.89. The minimum atomic E-state index is -0.0727. The lowest BCUT2D eigenvalue weighted by Gasteiger charge is -2.26. The number of nitrogens with zero attached hydrogens (tertiary/aromatic N) is 2. The first kappa shape index (κ1) is 18.4. The Morgan fingerprint density at radius 3 is 2.85 bits per heavy atom. The standard InChI is InChI=1S/C19H24N4O2S/c1-2-3-10-20-19(25)23-11-9-15-16(13-23)26-18(21-15)22-17(24)12-14-7-5-4-6-8-14/h4-8H,2-3,9-13H2,1H3,(H,20,25)(H,21,22,24). The number of unbranched alkanes of at least 4 members (excludes halogenated alkanes) is 1.